The van der Waals surface area contributed by atoms with E-state index in [9.17, 15) is 9.59 Å². The molecule has 2 rings (SSSR count). The summed E-state index contributed by atoms with van der Waals surface area (Å²) in [5, 5.41) is 3.72. The molecule has 0 bridgehead atoms. The Labute approximate surface area is 168 Å². The molecule has 0 spiro atoms. The predicted molar refractivity (Wildman–Crippen MR) is 110 cm³/mol. The first kappa shape index (κ1) is 21.7. The summed E-state index contributed by atoms with van der Waals surface area (Å²) in [6, 6.07) is 7.28. The lowest BCUT2D eigenvalue weighted by Crippen LogP contribution is -2.54. The molecule has 1 saturated heterocycles. The van der Waals surface area contributed by atoms with Crippen molar-refractivity contribution in [3.63, 3.8) is 0 Å². The van der Waals surface area contributed by atoms with Crippen LogP contribution < -0.4 is 5.32 Å². The van der Waals surface area contributed by atoms with E-state index in [1.807, 2.05) is 29.2 Å². The highest BCUT2D eigenvalue weighted by Gasteiger charge is 2.28. The Morgan fingerprint density at radius 3 is 2.44 bits per heavy atom. The van der Waals surface area contributed by atoms with Crippen molar-refractivity contribution in [2.45, 2.75) is 45.6 Å². The first-order valence-electron chi connectivity index (χ1n) is 9.87. The Bertz CT molecular complexity index is 628. The van der Waals surface area contributed by atoms with Gasteiger partial charge in [0.2, 0.25) is 11.8 Å². The van der Waals surface area contributed by atoms with Crippen LogP contribution in [0.5, 0.6) is 0 Å². The molecule has 2 amide bonds. The minimum atomic E-state index is -0.429. The first-order chi connectivity index (χ1) is 12.9. The van der Waals surface area contributed by atoms with Crippen LogP contribution in [0.15, 0.2) is 24.3 Å². The van der Waals surface area contributed by atoms with Gasteiger partial charge >= 0.3 is 0 Å². The lowest BCUT2D eigenvalue weighted by Gasteiger charge is -2.35. The molecule has 0 aromatic heterocycles. The number of nitrogens with zero attached hydrogens (tertiary/aromatic N) is 2. The quantitative estimate of drug-likeness (QED) is 0.738. The summed E-state index contributed by atoms with van der Waals surface area (Å²) in [4.78, 5) is 29.4. The number of amides is 2. The van der Waals surface area contributed by atoms with Gasteiger partial charge in [0, 0.05) is 37.6 Å². The maximum absolute atomic E-state index is 12.9. The van der Waals surface area contributed by atoms with E-state index < -0.39 is 6.04 Å². The van der Waals surface area contributed by atoms with E-state index >= 15 is 0 Å². The highest BCUT2D eigenvalue weighted by Crippen LogP contribution is 2.17. The van der Waals surface area contributed by atoms with Crippen LogP contribution in [0.3, 0.4) is 0 Å². The zero-order valence-electron chi connectivity index (χ0n) is 16.7. The molecule has 1 atom stereocenters. The van der Waals surface area contributed by atoms with Gasteiger partial charge in [0.05, 0.1) is 0 Å². The van der Waals surface area contributed by atoms with Gasteiger partial charge in [-0.2, -0.15) is 0 Å². The molecular formula is C21H32ClN3O2. The maximum atomic E-state index is 12.9. The third-order valence-corrected chi connectivity index (χ3v) is 5.33. The summed E-state index contributed by atoms with van der Waals surface area (Å²) in [5.74, 6) is 0.335. The number of carbonyl (C=O) groups excluding carboxylic acids is 2. The molecule has 1 aromatic rings. The third kappa shape index (κ3) is 7.15. The molecule has 150 valence electrons. The lowest BCUT2D eigenvalue weighted by atomic mass is 10.0. The van der Waals surface area contributed by atoms with Crippen LogP contribution in [-0.4, -0.2) is 60.9 Å². The lowest BCUT2D eigenvalue weighted by molar-refractivity contribution is -0.138. The van der Waals surface area contributed by atoms with Crippen molar-refractivity contribution in [3.8, 4) is 0 Å². The summed E-state index contributed by atoms with van der Waals surface area (Å²) in [5.41, 5.74) is 1.05. The van der Waals surface area contributed by atoms with Crippen LogP contribution in [0.4, 0.5) is 0 Å². The number of likely N-dealkylation sites (N-methyl/N-ethyl adjacent to an activating group) is 1. The average molecular weight is 394 g/mol. The number of nitrogens with one attached hydrogen (secondary N) is 1. The molecule has 0 radical (unpaired) electrons. The number of halogens is 1. The van der Waals surface area contributed by atoms with E-state index in [0.717, 1.165) is 43.2 Å². The predicted octanol–water partition coefficient (Wildman–Crippen LogP) is 2.97. The molecule has 1 unspecified atom stereocenters. The van der Waals surface area contributed by atoms with Gasteiger partial charge in [-0.05, 0) is 43.9 Å². The highest BCUT2D eigenvalue weighted by molar-refractivity contribution is 6.31. The monoisotopic (exact) mass is 393 g/mol. The largest absolute Gasteiger partial charge is 0.344 e. The molecule has 0 saturated carbocycles. The van der Waals surface area contributed by atoms with E-state index in [0.29, 0.717) is 25.2 Å². The Hall–Kier alpha value is -1.59. The Morgan fingerprint density at radius 2 is 1.81 bits per heavy atom. The van der Waals surface area contributed by atoms with Crippen molar-refractivity contribution in [3.05, 3.63) is 34.9 Å². The number of rotatable bonds is 8. The molecule has 0 aliphatic carbocycles. The molecule has 1 aliphatic heterocycles. The Balaban J connectivity index is 1.85. The number of aryl methyl sites for hydroxylation is 1. The van der Waals surface area contributed by atoms with Crippen molar-refractivity contribution in [2.24, 2.45) is 5.92 Å². The van der Waals surface area contributed by atoms with Crippen molar-refractivity contribution < 1.29 is 9.59 Å². The summed E-state index contributed by atoms with van der Waals surface area (Å²) in [6.45, 7) is 7.37. The number of hydrogen-bond donors (Lipinski definition) is 1. The number of piperazine rings is 1. The van der Waals surface area contributed by atoms with Crippen molar-refractivity contribution in [2.75, 3.05) is 33.2 Å². The van der Waals surface area contributed by atoms with E-state index in [-0.39, 0.29) is 11.8 Å². The second kappa shape index (κ2) is 10.7. The van der Waals surface area contributed by atoms with Gasteiger partial charge in [-0.3, -0.25) is 9.59 Å². The Kier molecular flexibility index (Phi) is 8.58. The average Bonchev–Trinajstić information content (AvgIpc) is 2.62. The molecule has 5 nitrogen and oxygen atoms in total. The fourth-order valence-electron chi connectivity index (χ4n) is 3.35. The molecule has 27 heavy (non-hydrogen) atoms. The normalized spacial score (nSPS) is 16.4. The van der Waals surface area contributed by atoms with Crippen LogP contribution >= 0.6 is 11.6 Å². The molecule has 1 fully saturated rings. The topological polar surface area (TPSA) is 52.7 Å². The Morgan fingerprint density at radius 1 is 1.15 bits per heavy atom. The fourth-order valence-corrected chi connectivity index (χ4v) is 3.58. The highest BCUT2D eigenvalue weighted by atomic mass is 35.5. The summed E-state index contributed by atoms with van der Waals surface area (Å²) < 4.78 is 0. The molecule has 1 aliphatic rings. The third-order valence-electron chi connectivity index (χ3n) is 4.96. The number of benzene rings is 1. The summed E-state index contributed by atoms with van der Waals surface area (Å²) in [7, 11) is 2.06. The van der Waals surface area contributed by atoms with Crippen molar-refractivity contribution in [1.82, 2.24) is 15.1 Å². The van der Waals surface area contributed by atoms with Gasteiger partial charge < -0.3 is 15.1 Å². The molecule has 1 aromatic carbocycles. The zero-order chi connectivity index (χ0) is 19.8. The van der Waals surface area contributed by atoms with Gasteiger partial charge in [-0.25, -0.2) is 0 Å². The van der Waals surface area contributed by atoms with Gasteiger partial charge in [-0.1, -0.05) is 43.6 Å². The molecule has 6 heteroatoms. The smallest absolute Gasteiger partial charge is 0.245 e. The van der Waals surface area contributed by atoms with Gasteiger partial charge in [0.25, 0.3) is 0 Å². The van der Waals surface area contributed by atoms with E-state index in [1.54, 1.807) is 0 Å². The first-order valence-corrected chi connectivity index (χ1v) is 10.2. The fraction of sp³-hybridized carbons (Fsp3) is 0.619. The SMILES string of the molecule is CC(C)CC(NC(=O)CCCc1ccccc1Cl)C(=O)N1CCN(C)CC1. The van der Waals surface area contributed by atoms with Crippen LogP contribution in [0.25, 0.3) is 0 Å². The minimum absolute atomic E-state index is 0.0521. The maximum Gasteiger partial charge on any atom is 0.245 e. The van der Waals surface area contributed by atoms with E-state index in [2.05, 4.69) is 31.1 Å². The standard InChI is InChI=1S/C21H32ClN3O2/c1-16(2)15-19(21(27)25-13-11-24(3)12-14-25)23-20(26)10-6-8-17-7-4-5-9-18(17)22/h4-5,7,9,16,19H,6,8,10-15H2,1-3H3,(H,23,26). The van der Waals surface area contributed by atoms with Crippen molar-refractivity contribution in [1.29, 1.82) is 0 Å². The van der Waals surface area contributed by atoms with Gasteiger partial charge in [0.15, 0.2) is 0 Å². The van der Waals surface area contributed by atoms with E-state index in [1.165, 1.54) is 0 Å². The summed E-state index contributed by atoms with van der Waals surface area (Å²) in [6.07, 6.45) is 2.54. The van der Waals surface area contributed by atoms with Crippen LogP contribution in [0.1, 0.15) is 38.7 Å². The van der Waals surface area contributed by atoms with Gasteiger partial charge in [0.1, 0.15) is 6.04 Å². The molecule has 1 heterocycles. The van der Waals surface area contributed by atoms with Crippen LogP contribution in [0, 0.1) is 5.92 Å². The zero-order valence-corrected chi connectivity index (χ0v) is 17.5. The van der Waals surface area contributed by atoms with Crippen LogP contribution in [0.2, 0.25) is 5.02 Å². The van der Waals surface area contributed by atoms with Gasteiger partial charge in [-0.15, -0.1) is 0 Å². The summed E-state index contributed by atoms with van der Waals surface area (Å²) >= 11 is 6.16. The number of carbonyl (C=O) groups is 2. The number of hydrogen-bond acceptors (Lipinski definition) is 3. The second-order valence-corrected chi connectivity index (χ2v) is 8.23. The molecule has 1 N–H and O–H groups in total. The second-order valence-electron chi connectivity index (χ2n) is 7.82. The van der Waals surface area contributed by atoms with Crippen LogP contribution in [-0.2, 0) is 16.0 Å². The molecular weight excluding hydrogens is 362 g/mol. The minimum Gasteiger partial charge on any atom is -0.344 e. The van der Waals surface area contributed by atoms with Crippen molar-refractivity contribution >= 4 is 23.4 Å². The van der Waals surface area contributed by atoms with E-state index in [4.69, 9.17) is 11.6 Å².